The van der Waals surface area contributed by atoms with Gasteiger partial charge in [-0.05, 0) is 57.9 Å². The number of para-hydroxylation sites is 1. The molecule has 0 radical (unpaired) electrons. The van der Waals surface area contributed by atoms with E-state index in [1.807, 2.05) is 12.2 Å². The van der Waals surface area contributed by atoms with Crippen LogP contribution < -0.4 is 5.43 Å². The fraction of sp³-hybridized carbons (Fsp3) is 0.0800. The molecule has 0 saturated heterocycles. The molecular formula is C50H40N2. The Labute approximate surface area is 306 Å². The molecule has 5 aromatic carbocycles. The van der Waals surface area contributed by atoms with Crippen molar-refractivity contribution in [1.29, 1.82) is 0 Å². The Bertz CT molecular complexity index is 2530. The number of nitrogens with one attached hydrogen (secondary N) is 1. The van der Waals surface area contributed by atoms with E-state index in [1.54, 1.807) is 6.08 Å². The zero-order valence-electron chi connectivity index (χ0n) is 29.1. The Morgan fingerprint density at radius 3 is 2.25 bits per heavy atom. The Kier molecular flexibility index (Phi) is 8.14. The van der Waals surface area contributed by atoms with Crippen LogP contribution >= 0.6 is 0 Å². The first-order chi connectivity index (χ1) is 25.8. The minimum Gasteiger partial charge on any atom is -0.294 e. The molecule has 1 heterocycles. The van der Waals surface area contributed by atoms with Crippen LogP contribution in [0.15, 0.2) is 212 Å². The molecule has 0 amide bonds. The molecule has 0 aliphatic heterocycles. The van der Waals surface area contributed by atoms with E-state index in [9.17, 15) is 0 Å². The van der Waals surface area contributed by atoms with Crippen LogP contribution in [0.4, 0.5) is 0 Å². The van der Waals surface area contributed by atoms with Gasteiger partial charge in [-0.25, -0.2) is 0 Å². The van der Waals surface area contributed by atoms with Gasteiger partial charge in [0, 0.05) is 22.3 Å². The lowest BCUT2D eigenvalue weighted by Gasteiger charge is -2.34. The molecule has 9 rings (SSSR count). The molecule has 0 fully saturated rings. The molecule has 3 aliphatic carbocycles. The highest BCUT2D eigenvalue weighted by Gasteiger charge is 2.47. The Morgan fingerprint density at radius 1 is 0.673 bits per heavy atom. The van der Waals surface area contributed by atoms with Gasteiger partial charge in [0.05, 0.1) is 22.1 Å². The lowest BCUT2D eigenvalue weighted by Crippen LogP contribution is -2.31. The summed E-state index contributed by atoms with van der Waals surface area (Å²) in [5.41, 5.74) is 17.5. The second-order valence-electron chi connectivity index (χ2n) is 13.7. The van der Waals surface area contributed by atoms with Crippen molar-refractivity contribution in [2.24, 2.45) is 5.92 Å². The Balaban J connectivity index is 1.18. The SMILES string of the molecule is C=C/C=C\C=C/C=CC1(C2C=CC=C2)c2ccccc2-c2ccc3c4ccccc4n(NC4=CCC=C4Cc4ccc(-c5ccccc5)cc4)c3c21. The predicted octanol–water partition coefficient (Wildman–Crippen LogP) is 12.3. The van der Waals surface area contributed by atoms with Gasteiger partial charge in [-0.3, -0.25) is 10.1 Å². The van der Waals surface area contributed by atoms with Gasteiger partial charge in [-0.15, -0.1) is 0 Å². The molecule has 1 aromatic heterocycles. The van der Waals surface area contributed by atoms with E-state index < -0.39 is 5.41 Å². The maximum atomic E-state index is 4.01. The number of fused-ring (bicyclic) bond motifs is 7. The summed E-state index contributed by atoms with van der Waals surface area (Å²) in [5.74, 6) is 0.153. The molecule has 52 heavy (non-hydrogen) atoms. The lowest BCUT2D eigenvalue weighted by atomic mass is 9.68. The second kappa shape index (κ2) is 13.4. The fourth-order valence-corrected chi connectivity index (χ4v) is 8.51. The van der Waals surface area contributed by atoms with E-state index in [2.05, 4.69) is 193 Å². The van der Waals surface area contributed by atoms with Crippen LogP contribution in [0.25, 0.3) is 44.1 Å². The molecular weight excluding hydrogens is 629 g/mol. The molecule has 0 spiro atoms. The molecule has 0 bridgehead atoms. The van der Waals surface area contributed by atoms with Crippen LogP contribution in [0, 0.1) is 5.92 Å². The van der Waals surface area contributed by atoms with Crippen LogP contribution in [0.5, 0.6) is 0 Å². The van der Waals surface area contributed by atoms with Crippen molar-refractivity contribution < 1.29 is 0 Å². The predicted molar refractivity (Wildman–Crippen MR) is 221 cm³/mol. The maximum absolute atomic E-state index is 4.01. The molecule has 250 valence electrons. The molecule has 1 unspecified atom stereocenters. The van der Waals surface area contributed by atoms with Crippen molar-refractivity contribution in [3.05, 3.63) is 229 Å². The van der Waals surface area contributed by atoms with Crippen LogP contribution in [-0.2, 0) is 11.8 Å². The number of benzene rings is 5. The smallest absolute Gasteiger partial charge is 0.0760 e. The number of aromatic nitrogens is 1. The fourth-order valence-electron chi connectivity index (χ4n) is 8.51. The van der Waals surface area contributed by atoms with Gasteiger partial charge < -0.3 is 0 Å². The van der Waals surface area contributed by atoms with Gasteiger partial charge >= 0.3 is 0 Å². The summed E-state index contributed by atoms with van der Waals surface area (Å²) in [6.45, 7) is 3.82. The largest absolute Gasteiger partial charge is 0.294 e. The summed E-state index contributed by atoms with van der Waals surface area (Å²) in [7, 11) is 0. The zero-order valence-corrected chi connectivity index (χ0v) is 29.1. The normalized spacial score (nSPS) is 17.9. The van der Waals surface area contributed by atoms with Gasteiger partial charge in [-0.2, -0.15) is 0 Å². The number of nitrogens with zero attached hydrogens (tertiary/aromatic N) is 1. The highest BCUT2D eigenvalue weighted by molar-refractivity contribution is 6.12. The third kappa shape index (κ3) is 5.27. The maximum Gasteiger partial charge on any atom is 0.0760 e. The summed E-state index contributed by atoms with van der Waals surface area (Å²) in [5, 5.41) is 2.50. The standard InChI is InChI=1S/C50H40N2/c1-2-3-4-5-6-16-34-50(40-21-10-11-22-40)45-25-14-12-23-41(45)43-32-33-44-42-24-13-15-27-47(42)52(49(44)48(43)50)51-46-26-17-20-39(46)35-36-28-30-38(31-29-36)37-18-8-7-9-19-37/h2-16,18-34,40,51H,1,17,35H2/b4-3-,6-5-,34-16?. The molecule has 1 atom stereocenters. The number of rotatable bonds is 10. The van der Waals surface area contributed by atoms with Gasteiger partial charge in [0.25, 0.3) is 0 Å². The first kappa shape index (κ1) is 31.6. The van der Waals surface area contributed by atoms with Crippen molar-refractivity contribution in [2.75, 3.05) is 5.43 Å². The van der Waals surface area contributed by atoms with Crippen LogP contribution in [0.3, 0.4) is 0 Å². The van der Waals surface area contributed by atoms with Crippen molar-refractivity contribution >= 4 is 21.8 Å². The summed E-state index contributed by atoms with van der Waals surface area (Å²) in [6, 6.07) is 42.1. The molecule has 2 heteroatoms. The molecule has 6 aromatic rings. The minimum absolute atomic E-state index is 0.153. The topological polar surface area (TPSA) is 17.0 Å². The summed E-state index contributed by atoms with van der Waals surface area (Å²) >= 11 is 0. The third-order valence-corrected chi connectivity index (χ3v) is 10.8. The monoisotopic (exact) mass is 668 g/mol. The highest BCUT2D eigenvalue weighted by atomic mass is 15.4. The van der Waals surface area contributed by atoms with E-state index in [0.29, 0.717) is 0 Å². The summed E-state index contributed by atoms with van der Waals surface area (Å²) < 4.78 is 2.38. The summed E-state index contributed by atoms with van der Waals surface area (Å²) in [4.78, 5) is 0. The van der Waals surface area contributed by atoms with Crippen molar-refractivity contribution in [2.45, 2.75) is 18.3 Å². The van der Waals surface area contributed by atoms with E-state index in [4.69, 9.17) is 0 Å². The molecule has 3 aliphatic rings. The van der Waals surface area contributed by atoms with E-state index in [1.165, 1.54) is 72.0 Å². The van der Waals surface area contributed by atoms with E-state index >= 15 is 0 Å². The van der Waals surface area contributed by atoms with Crippen LogP contribution in [0.2, 0.25) is 0 Å². The highest BCUT2D eigenvalue weighted by Crippen LogP contribution is 2.58. The van der Waals surface area contributed by atoms with E-state index in [0.717, 1.165) is 12.8 Å². The first-order valence-corrected chi connectivity index (χ1v) is 18.2. The van der Waals surface area contributed by atoms with Crippen molar-refractivity contribution in [3.63, 3.8) is 0 Å². The van der Waals surface area contributed by atoms with Crippen molar-refractivity contribution in [1.82, 2.24) is 4.68 Å². The zero-order chi connectivity index (χ0) is 34.9. The third-order valence-electron chi connectivity index (χ3n) is 10.8. The van der Waals surface area contributed by atoms with Crippen LogP contribution in [-0.4, -0.2) is 4.68 Å². The van der Waals surface area contributed by atoms with E-state index in [-0.39, 0.29) is 5.92 Å². The van der Waals surface area contributed by atoms with Crippen molar-refractivity contribution in [3.8, 4) is 22.3 Å². The molecule has 1 N–H and O–H groups in total. The first-order valence-electron chi connectivity index (χ1n) is 18.2. The average molecular weight is 669 g/mol. The van der Waals surface area contributed by atoms with Gasteiger partial charge in [0.15, 0.2) is 0 Å². The Hall–Kier alpha value is -6.38. The lowest BCUT2D eigenvalue weighted by molar-refractivity contribution is 0.564. The minimum atomic E-state index is -0.418. The number of allylic oxidation sites excluding steroid dienone is 14. The average Bonchev–Trinajstić information content (AvgIpc) is 4.00. The number of hydrogen-bond acceptors (Lipinski definition) is 1. The molecule has 2 nitrogen and oxygen atoms in total. The van der Waals surface area contributed by atoms with Crippen LogP contribution in [0.1, 0.15) is 23.1 Å². The quantitative estimate of drug-likeness (QED) is 0.144. The van der Waals surface area contributed by atoms with Gasteiger partial charge in [0.2, 0.25) is 0 Å². The Morgan fingerprint density at radius 2 is 1.40 bits per heavy atom. The van der Waals surface area contributed by atoms with Gasteiger partial charge in [-0.1, -0.05) is 195 Å². The summed E-state index contributed by atoms with van der Waals surface area (Å²) in [6.07, 6.45) is 30.2. The second-order valence-corrected chi connectivity index (χ2v) is 13.7. The number of hydrogen-bond donors (Lipinski definition) is 1. The molecule has 0 saturated carbocycles. The van der Waals surface area contributed by atoms with Gasteiger partial charge in [0.1, 0.15) is 0 Å².